The van der Waals surface area contributed by atoms with E-state index in [2.05, 4.69) is 29.4 Å². The molecule has 1 fully saturated rings. The van der Waals surface area contributed by atoms with Gasteiger partial charge in [-0.05, 0) is 72.7 Å². The summed E-state index contributed by atoms with van der Waals surface area (Å²) in [6, 6.07) is 16.1. The molecule has 37 heavy (non-hydrogen) atoms. The van der Waals surface area contributed by atoms with Gasteiger partial charge in [-0.2, -0.15) is 0 Å². The van der Waals surface area contributed by atoms with E-state index in [9.17, 15) is 9.59 Å². The fourth-order valence-corrected chi connectivity index (χ4v) is 4.78. The number of nitrogens with zero attached hydrogens (tertiary/aromatic N) is 2. The number of carbonyl (C=O) groups is 2. The second-order valence-corrected chi connectivity index (χ2v) is 10.5. The van der Waals surface area contributed by atoms with Gasteiger partial charge in [-0.3, -0.25) is 14.9 Å². The third-order valence-electron chi connectivity index (χ3n) is 5.96. The minimum Gasteiger partial charge on any atom is -0.451 e. The molecule has 2 N–H and O–H groups in total. The van der Waals surface area contributed by atoms with Crippen LogP contribution in [-0.4, -0.2) is 48.0 Å². The summed E-state index contributed by atoms with van der Waals surface area (Å²) in [5.74, 6) is 0.670. The van der Waals surface area contributed by atoms with E-state index in [0.29, 0.717) is 33.7 Å². The second kappa shape index (κ2) is 12.0. The lowest BCUT2D eigenvalue weighted by Crippen LogP contribution is -2.49. The summed E-state index contributed by atoms with van der Waals surface area (Å²) in [7, 11) is 0. The fraction of sp³-hybridized carbons (Fsp3) is 0.296. The molecule has 1 aliphatic heterocycles. The Kier molecular flexibility index (Phi) is 8.74. The maximum atomic E-state index is 12.6. The Labute approximate surface area is 231 Å². The van der Waals surface area contributed by atoms with Crippen molar-refractivity contribution in [3.8, 4) is 11.3 Å². The summed E-state index contributed by atoms with van der Waals surface area (Å²) in [4.78, 5) is 29.1. The summed E-state index contributed by atoms with van der Waals surface area (Å²) in [5.41, 5.74) is 2.45. The van der Waals surface area contributed by atoms with E-state index in [1.807, 2.05) is 29.2 Å². The van der Waals surface area contributed by atoms with Gasteiger partial charge in [-0.15, -0.1) is 0 Å². The molecule has 2 heterocycles. The SMILES string of the molecule is CC(C)CC(=O)N1CCN(c2ccc(NC(=S)NC(=O)c3ccc(-c4ccc(Cl)cc4Cl)o3)cc2)CC1. The van der Waals surface area contributed by atoms with Crippen LogP contribution in [0.2, 0.25) is 10.0 Å². The van der Waals surface area contributed by atoms with E-state index < -0.39 is 5.91 Å². The standard InChI is InChI=1S/C27H28Cl2N4O3S/c1-17(2)15-25(34)33-13-11-32(12-14-33)20-6-4-19(5-7-20)30-27(37)31-26(35)24-10-9-23(36-24)21-8-3-18(28)16-22(21)29/h3-10,16-17H,11-15H2,1-2H3,(H2,30,31,35,37). The Balaban J connectivity index is 1.28. The Morgan fingerprint density at radius 3 is 2.35 bits per heavy atom. The predicted octanol–water partition coefficient (Wildman–Crippen LogP) is 6.07. The average molecular weight is 560 g/mol. The van der Waals surface area contributed by atoms with Crippen LogP contribution in [0.25, 0.3) is 11.3 Å². The van der Waals surface area contributed by atoms with Gasteiger partial charge in [-0.25, -0.2) is 0 Å². The Morgan fingerprint density at radius 2 is 1.70 bits per heavy atom. The second-order valence-electron chi connectivity index (χ2n) is 9.21. The number of anilines is 2. The summed E-state index contributed by atoms with van der Waals surface area (Å²) in [5, 5.41) is 6.73. The number of benzene rings is 2. The first-order valence-electron chi connectivity index (χ1n) is 12.0. The minimum atomic E-state index is -0.477. The van der Waals surface area contributed by atoms with Gasteiger partial charge >= 0.3 is 0 Å². The molecule has 0 unspecified atom stereocenters. The average Bonchev–Trinajstić information content (AvgIpc) is 3.34. The van der Waals surface area contributed by atoms with Crippen molar-refractivity contribution < 1.29 is 14.0 Å². The Bertz CT molecular complexity index is 1290. The monoisotopic (exact) mass is 558 g/mol. The lowest BCUT2D eigenvalue weighted by Gasteiger charge is -2.36. The van der Waals surface area contributed by atoms with Gasteiger partial charge in [0.1, 0.15) is 5.76 Å². The van der Waals surface area contributed by atoms with Crippen molar-refractivity contribution >= 4 is 63.7 Å². The number of piperazine rings is 1. The summed E-state index contributed by atoms with van der Waals surface area (Å²) in [6.45, 7) is 7.15. The molecule has 1 saturated heterocycles. The van der Waals surface area contributed by atoms with Crippen LogP contribution in [0.1, 0.15) is 30.8 Å². The highest BCUT2D eigenvalue weighted by Gasteiger charge is 2.22. The molecule has 2 aromatic carbocycles. The van der Waals surface area contributed by atoms with Crippen LogP contribution >= 0.6 is 35.4 Å². The van der Waals surface area contributed by atoms with Crippen LogP contribution in [-0.2, 0) is 4.79 Å². The first-order chi connectivity index (χ1) is 17.7. The van der Waals surface area contributed by atoms with Crippen LogP contribution in [0.5, 0.6) is 0 Å². The number of hydrogen-bond donors (Lipinski definition) is 2. The number of amides is 2. The third kappa shape index (κ3) is 7.03. The Morgan fingerprint density at radius 1 is 1.00 bits per heavy atom. The van der Waals surface area contributed by atoms with Gasteiger partial charge in [-0.1, -0.05) is 37.0 Å². The normalized spacial score (nSPS) is 13.5. The number of rotatable bonds is 6. The largest absolute Gasteiger partial charge is 0.451 e. The van der Waals surface area contributed by atoms with Crippen LogP contribution in [0, 0.1) is 5.92 Å². The van der Waals surface area contributed by atoms with E-state index in [1.165, 1.54) is 0 Å². The minimum absolute atomic E-state index is 0.103. The smallest absolute Gasteiger partial charge is 0.293 e. The topological polar surface area (TPSA) is 77.8 Å². The summed E-state index contributed by atoms with van der Waals surface area (Å²) < 4.78 is 5.67. The lowest BCUT2D eigenvalue weighted by atomic mass is 10.1. The van der Waals surface area contributed by atoms with E-state index in [0.717, 1.165) is 37.6 Å². The van der Waals surface area contributed by atoms with Crippen LogP contribution in [0.3, 0.4) is 0 Å². The van der Waals surface area contributed by atoms with Crippen molar-refractivity contribution in [3.63, 3.8) is 0 Å². The van der Waals surface area contributed by atoms with Crippen molar-refractivity contribution in [1.82, 2.24) is 10.2 Å². The lowest BCUT2D eigenvalue weighted by molar-refractivity contribution is -0.132. The molecule has 0 aliphatic carbocycles. The number of halogens is 2. The molecule has 1 aliphatic rings. The Hall–Kier alpha value is -3.07. The van der Waals surface area contributed by atoms with Gasteiger partial charge in [0.05, 0.1) is 5.02 Å². The highest BCUT2D eigenvalue weighted by atomic mass is 35.5. The molecule has 10 heteroatoms. The molecular weight excluding hydrogens is 531 g/mol. The molecule has 4 rings (SSSR count). The number of hydrogen-bond acceptors (Lipinski definition) is 5. The molecule has 194 valence electrons. The molecule has 7 nitrogen and oxygen atoms in total. The van der Waals surface area contributed by atoms with Gasteiger partial charge in [0.25, 0.3) is 5.91 Å². The number of carbonyl (C=O) groups excluding carboxylic acids is 2. The molecule has 0 radical (unpaired) electrons. The number of furan rings is 1. The van der Waals surface area contributed by atoms with Crippen molar-refractivity contribution in [3.05, 3.63) is 70.4 Å². The molecule has 0 saturated carbocycles. The first kappa shape index (κ1) is 27.0. The van der Waals surface area contributed by atoms with Gasteiger partial charge in [0.2, 0.25) is 5.91 Å². The van der Waals surface area contributed by atoms with Crippen molar-refractivity contribution in [2.45, 2.75) is 20.3 Å². The highest BCUT2D eigenvalue weighted by molar-refractivity contribution is 7.80. The third-order valence-corrected chi connectivity index (χ3v) is 6.71. The zero-order valence-electron chi connectivity index (χ0n) is 20.6. The summed E-state index contributed by atoms with van der Waals surface area (Å²) >= 11 is 17.5. The quantitative estimate of drug-likeness (QED) is 0.357. The highest BCUT2D eigenvalue weighted by Crippen LogP contribution is 2.31. The molecule has 2 amide bonds. The molecule has 3 aromatic rings. The van der Waals surface area contributed by atoms with Gasteiger partial charge in [0.15, 0.2) is 10.9 Å². The molecule has 0 bridgehead atoms. The van der Waals surface area contributed by atoms with E-state index in [-0.39, 0.29) is 16.8 Å². The zero-order chi connectivity index (χ0) is 26.5. The van der Waals surface area contributed by atoms with Crippen molar-refractivity contribution in [2.75, 3.05) is 36.4 Å². The zero-order valence-corrected chi connectivity index (χ0v) is 22.9. The van der Waals surface area contributed by atoms with Crippen molar-refractivity contribution in [1.29, 1.82) is 0 Å². The van der Waals surface area contributed by atoms with Crippen LogP contribution < -0.4 is 15.5 Å². The number of nitrogens with one attached hydrogen (secondary N) is 2. The van der Waals surface area contributed by atoms with E-state index in [4.69, 9.17) is 39.8 Å². The van der Waals surface area contributed by atoms with E-state index in [1.54, 1.807) is 30.3 Å². The predicted molar refractivity (Wildman–Crippen MR) is 153 cm³/mol. The maximum absolute atomic E-state index is 12.6. The van der Waals surface area contributed by atoms with Crippen molar-refractivity contribution in [2.24, 2.45) is 5.92 Å². The maximum Gasteiger partial charge on any atom is 0.293 e. The molecule has 0 spiro atoms. The van der Waals surface area contributed by atoms with Crippen LogP contribution in [0.15, 0.2) is 59.0 Å². The van der Waals surface area contributed by atoms with Gasteiger partial charge in [0, 0.05) is 54.6 Å². The fourth-order valence-electron chi connectivity index (χ4n) is 4.07. The number of thiocarbonyl (C=S) groups is 1. The first-order valence-corrected chi connectivity index (χ1v) is 13.2. The van der Waals surface area contributed by atoms with Gasteiger partial charge < -0.3 is 19.5 Å². The molecule has 1 aromatic heterocycles. The molecular formula is C27H28Cl2N4O3S. The molecule has 0 atom stereocenters. The van der Waals surface area contributed by atoms with Crippen LogP contribution in [0.4, 0.5) is 11.4 Å². The summed E-state index contributed by atoms with van der Waals surface area (Å²) in [6.07, 6.45) is 0.592. The van der Waals surface area contributed by atoms with E-state index >= 15 is 0 Å².